The lowest BCUT2D eigenvalue weighted by Gasteiger charge is -2.25. The van der Waals surface area contributed by atoms with E-state index < -0.39 is 0 Å². The fourth-order valence-corrected chi connectivity index (χ4v) is 1.53. The van der Waals surface area contributed by atoms with Gasteiger partial charge in [-0.25, -0.2) is 0 Å². The van der Waals surface area contributed by atoms with E-state index in [2.05, 4.69) is 10.6 Å². The highest BCUT2D eigenvalue weighted by Gasteiger charge is 2.11. The van der Waals surface area contributed by atoms with Crippen molar-refractivity contribution in [3.05, 3.63) is 0 Å². The molecule has 0 bridgehead atoms. The lowest BCUT2D eigenvalue weighted by molar-refractivity contribution is -0.148. The molecule has 0 aliphatic carbocycles. The van der Waals surface area contributed by atoms with Crippen LogP contribution in [0.2, 0.25) is 0 Å². The molecule has 1 saturated heterocycles. The molecule has 1 rings (SSSR count). The standard InChI is InChI=1S/C10H19NO2.CH5N/c1-2-6-10(12)13-9-11-7-4-3-5-8-11;1-2/h2-9H2,1H3;2H2,1H3. The Hall–Kier alpha value is -0.610. The van der Waals surface area contributed by atoms with Gasteiger partial charge in [-0.1, -0.05) is 13.3 Å². The minimum Gasteiger partial charge on any atom is -0.449 e. The van der Waals surface area contributed by atoms with Crippen LogP contribution in [0.25, 0.3) is 0 Å². The molecule has 1 fully saturated rings. The van der Waals surface area contributed by atoms with Crippen LogP contribution in [0.15, 0.2) is 0 Å². The monoisotopic (exact) mass is 216 g/mol. The fourth-order valence-electron chi connectivity index (χ4n) is 1.53. The molecular formula is C11H24N2O2. The van der Waals surface area contributed by atoms with E-state index in [1.165, 1.54) is 26.3 Å². The summed E-state index contributed by atoms with van der Waals surface area (Å²) in [6, 6.07) is 0. The van der Waals surface area contributed by atoms with Crippen LogP contribution in [-0.2, 0) is 9.53 Å². The van der Waals surface area contributed by atoms with Crippen LogP contribution in [-0.4, -0.2) is 37.7 Å². The van der Waals surface area contributed by atoms with Gasteiger partial charge in [-0.3, -0.25) is 9.69 Å². The van der Waals surface area contributed by atoms with Crippen LogP contribution in [0, 0.1) is 0 Å². The van der Waals surface area contributed by atoms with E-state index in [9.17, 15) is 4.79 Å². The number of hydrogen-bond acceptors (Lipinski definition) is 4. The zero-order chi connectivity index (χ0) is 11.5. The van der Waals surface area contributed by atoms with Crippen molar-refractivity contribution in [3.63, 3.8) is 0 Å². The number of hydrogen-bond donors (Lipinski definition) is 1. The van der Waals surface area contributed by atoms with Crippen molar-refractivity contribution in [2.75, 3.05) is 26.9 Å². The predicted molar refractivity (Wildman–Crippen MR) is 61.4 cm³/mol. The Kier molecular flexibility index (Phi) is 9.52. The number of ether oxygens (including phenoxy) is 1. The van der Waals surface area contributed by atoms with E-state index in [1.807, 2.05) is 6.92 Å². The van der Waals surface area contributed by atoms with Crippen molar-refractivity contribution in [2.24, 2.45) is 5.73 Å². The van der Waals surface area contributed by atoms with Gasteiger partial charge in [0, 0.05) is 19.5 Å². The average Bonchev–Trinajstić information content (AvgIpc) is 2.31. The summed E-state index contributed by atoms with van der Waals surface area (Å²) in [7, 11) is 1.50. The third-order valence-electron chi connectivity index (χ3n) is 2.31. The third-order valence-corrected chi connectivity index (χ3v) is 2.31. The molecule has 0 aromatic heterocycles. The molecule has 1 aliphatic rings. The van der Waals surface area contributed by atoms with Crippen molar-refractivity contribution in [3.8, 4) is 0 Å². The molecule has 0 radical (unpaired) electrons. The molecule has 0 atom stereocenters. The number of piperidine rings is 1. The average molecular weight is 216 g/mol. The Morgan fingerprint density at radius 3 is 2.40 bits per heavy atom. The van der Waals surface area contributed by atoms with E-state index >= 15 is 0 Å². The van der Waals surface area contributed by atoms with Crippen molar-refractivity contribution in [2.45, 2.75) is 39.0 Å². The number of nitrogens with zero attached hydrogens (tertiary/aromatic N) is 1. The van der Waals surface area contributed by atoms with Gasteiger partial charge in [-0.2, -0.15) is 0 Å². The van der Waals surface area contributed by atoms with Crippen molar-refractivity contribution in [1.82, 2.24) is 4.90 Å². The van der Waals surface area contributed by atoms with Crippen LogP contribution in [0.1, 0.15) is 39.0 Å². The largest absolute Gasteiger partial charge is 0.449 e. The van der Waals surface area contributed by atoms with Gasteiger partial charge < -0.3 is 10.5 Å². The van der Waals surface area contributed by atoms with Gasteiger partial charge in [0.1, 0.15) is 6.73 Å². The van der Waals surface area contributed by atoms with E-state index in [0.717, 1.165) is 19.5 Å². The summed E-state index contributed by atoms with van der Waals surface area (Å²) >= 11 is 0. The fraction of sp³-hybridized carbons (Fsp3) is 0.909. The smallest absolute Gasteiger partial charge is 0.307 e. The highest BCUT2D eigenvalue weighted by molar-refractivity contribution is 5.69. The molecule has 90 valence electrons. The summed E-state index contributed by atoms with van der Waals surface area (Å²) in [5, 5.41) is 0. The Bertz CT molecular complexity index is 157. The molecule has 0 spiro atoms. The molecule has 0 amide bonds. The van der Waals surface area contributed by atoms with Crippen LogP contribution in [0.4, 0.5) is 0 Å². The van der Waals surface area contributed by atoms with Crippen LogP contribution < -0.4 is 5.73 Å². The normalized spacial score (nSPS) is 16.5. The second-order valence-electron chi connectivity index (χ2n) is 3.57. The lowest BCUT2D eigenvalue weighted by atomic mass is 10.1. The van der Waals surface area contributed by atoms with E-state index in [1.54, 1.807) is 0 Å². The highest BCUT2D eigenvalue weighted by atomic mass is 16.5. The number of esters is 1. The van der Waals surface area contributed by atoms with Crippen molar-refractivity contribution >= 4 is 5.97 Å². The topological polar surface area (TPSA) is 55.6 Å². The van der Waals surface area contributed by atoms with Crippen molar-refractivity contribution < 1.29 is 9.53 Å². The Labute approximate surface area is 92.8 Å². The molecule has 1 aliphatic heterocycles. The first-order valence-electron chi connectivity index (χ1n) is 5.78. The Morgan fingerprint density at radius 2 is 1.87 bits per heavy atom. The first-order chi connectivity index (χ1) is 7.33. The van der Waals surface area contributed by atoms with Gasteiger partial charge in [0.05, 0.1) is 0 Å². The molecule has 0 aromatic carbocycles. The maximum absolute atomic E-state index is 11.0. The number of carbonyl (C=O) groups is 1. The Morgan fingerprint density at radius 1 is 1.27 bits per heavy atom. The maximum Gasteiger partial charge on any atom is 0.307 e. The van der Waals surface area contributed by atoms with Crippen LogP contribution in [0.5, 0.6) is 0 Å². The van der Waals surface area contributed by atoms with Crippen LogP contribution in [0.3, 0.4) is 0 Å². The molecule has 2 N–H and O–H groups in total. The molecule has 0 aromatic rings. The Balaban J connectivity index is 0.000000921. The van der Waals surface area contributed by atoms with Gasteiger partial charge in [0.15, 0.2) is 0 Å². The summed E-state index contributed by atoms with van der Waals surface area (Å²) in [6.45, 7) is 4.65. The minimum absolute atomic E-state index is 0.0620. The molecular weight excluding hydrogens is 192 g/mol. The lowest BCUT2D eigenvalue weighted by Crippen LogP contribution is -2.32. The third kappa shape index (κ3) is 7.33. The number of likely N-dealkylation sites (tertiary alicyclic amines) is 1. The SMILES string of the molecule is CCCC(=O)OCN1CCCCC1.CN. The molecule has 0 saturated carbocycles. The van der Waals surface area contributed by atoms with E-state index in [-0.39, 0.29) is 5.97 Å². The summed E-state index contributed by atoms with van der Waals surface area (Å²) in [5.74, 6) is -0.0620. The van der Waals surface area contributed by atoms with Gasteiger partial charge in [-0.05, 0) is 26.3 Å². The first kappa shape index (κ1) is 14.4. The number of carbonyl (C=O) groups excluding carboxylic acids is 1. The summed E-state index contributed by atoms with van der Waals surface area (Å²) in [6.07, 6.45) is 5.22. The number of rotatable bonds is 4. The van der Waals surface area contributed by atoms with Crippen LogP contribution >= 0.6 is 0 Å². The minimum atomic E-state index is -0.0620. The summed E-state index contributed by atoms with van der Waals surface area (Å²) < 4.78 is 5.11. The van der Waals surface area contributed by atoms with Gasteiger partial charge in [0.25, 0.3) is 0 Å². The second-order valence-corrected chi connectivity index (χ2v) is 3.57. The molecule has 4 nitrogen and oxygen atoms in total. The van der Waals surface area contributed by atoms with Gasteiger partial charge in [-0.15, -0.1) is 0 Å². The summed E-state index contributed by atoms with van der Waals surface area (Å²) in [4.78, 5) is 13.2. The molecule has 1 heterocycles. The zero-order valence-electron chi connectivity index (χ0n) is 10.00. The van der Waals surface area contributed by atoms with E-state index in [0.29, 0.717) is 13.2 Å². The highest BCUT2D eigenvalue weighted by Crippen LogP contribution is 2.08. The predicted octanol–water partition coefficient (Wildman–Crippen LogP) is 1.35. The second kappa shape index (κ2) is 9.93. The van der Waals surface area contributed by atoms with Crippen molar-refractivity contribution in [1.29, 1.82) is 0 Å². The molecule has 0 unspecified atom stereocenters. The maximum atomic E-state index is 11.0. The molecule has 15 heavy (non-hydrogen) atoms. The molecule has 4 heteroatoms. The van der Waals surface area contributed by atoms with E-state index in [4.69, 9.17) is 4.74 Å². The first-order valence-corrected chi connectivity index (χ1v) is 5.78. The zero-order valence-corrected chi connectivity index (χ0v) is 10.00. The quantitative estimate of drug-likeness (QED) is 0.721. The van der Waals surface area contributed by atoms with Gasteiger partial charge >= 0.3 is 5.97 Å². The van der Waals surface area contributed by atoms with Gasteiger partial charge in [0.2, 0.25) is 0 Å². The number of nitrogens with two attached hydrogens (primary N) is 1. The summed E-state index contributed by atoms with van der Waals surface area (Å²) in [5.41, 5.74) is 4.50.